The summed E-state index contributed by atoms with van der Waals surface area (Å²) in [5.41, 5.74) is 11.6. The maximum atomic E-state index is 6.41. The molecule has 3 aromatic rings. The summed E-state index contributed by atoms with van der Waals surface area (Å²) in [6, 6.07) is 7.72. The van der Waals surface area contributed by atoms with Crippen molar-refractivity contribution in [3.63, 3.8) is 0 Å². The highest BCUT2D eigenvalue weighted by atomic mass is 35.5. The summed E-state index contributed by atoms with van der Waals surface area (Å²) in [6.45, 7) is 1.48. The Kier molecular flexibility index (Phi) is 2.96. The number of anilines is 2. The van der Waals surface area contributed by atoms with Crippen LogP contribution in [0.5, 0.6) is 0 Å². The minimum absolute atomic E-state index is 0.531. The number of aromatic nitrogens is 2. The first-order valence-electron chi connectivity index (χ1n) is 6.36. The van der Waals surface area contributed by atoms with Gasteiger partial charge in [-0.25, -0.2) is 0 Å². The van der Waals surface area contributed by atoms with Crippen molar-refractivity contribution in [1.29, 1.82) is 0 Å². The fraction of sp³-hybridized carbons (Fsp3) is 0.143. The van der Waals surface area contributed by atoms with Crippen LogP contribution in [-0.4, -0.2) is 8.75 Å². The van der Waals surface area contributed by atoms with Gasteiger partial charge in [-0.3, -0.25) is 0 Å². The van der Waals surface area contributed by atoms with Crippen molar-refractivity contribution in [3.8, 4) is 0 Å². The lowest BCUT2D eigenvalue weighted by Gasteiger charge is -2.19. The van der Waals surface area contributed by atoms with Crippen LogP contribution in [0, 0.1) is 0 Å². The van der Waals surface area contributed by atoms with Gasteiger partial charge in [-0.1, -0.05) is 35.3 Å². The Morgan fingerprint density at radius 2 is 1.90 bits per heavy atom. The third-order valence-electron chi connectivity index (χ3n) is 3.75. The number of halogens is 2. The zero-order chi connectivity index (χ0) is 14.6. The van der Waals surface area contributed by atoms with E-state index in [1.807, 2.05) is 12.1 Å². The molecule has 1 aliphatic rings. The molecule has 21 heavy (non-hydrogen) atoms. The summed E-state index contributed by atoms with van der Waals surface area (Å²) in [4.78, 5) is 2.17. The molecule has 106 valence electrons. The number of rotatable bonds is 1. The van der Waals surface area contributed by atoms with Crippen LogP contribution in [0.25, 0.3) is 11.0 Å². The Morgan fingerprint density at radius 3 is 2.71 bits per heavy atom. The molecule has 0 radical (unpaired) electrons. The first-order chi connectivity index (χ1) is 10.1. The maximum Gasteiger partial charge on any atom is 0.131 e. The summed E-state index contributed by atoms with van der Waals surface area (Å²) >= 11 is 13.7. The van der Waals surface area contributed by atoms with E-state index in [0.717, 1.165) is 47.3 Å². The van der Waals surface area contributed by atoms with Crippen molar-refractivity contribution >= 4 is 57.3 Å². The first kappa shape index (κ1) is 13.1. The van der Waals surface area contributed by atoms with E-state index >= 15 is 0 Å². The van der Waals surface area contributed by atoms with E-state index in [-0.39, 0.29) is 0 Å². The second-order valence-corrected chi connectivity index (χ2v) is 6.33. The molecule has 0 aliphatic carbocycles. The van der Waals surface area contributed by atoms with Crippen LogP contribution in [0.1, 0.15) is 11.1 Å². The molecule has 0 bridgehead atoms. The van der Waals surface area contributed by atoms with Gasteiger partial charge in [0.1, 0.15) is 11.0 Å². The number of benzene rings is 2. The van der Waals surface area contributed by atoms with E-state index in [1.165, 1.54) is 5.56 Å². The fourth-order valence-electron chi connectivity index (χ4n) is 2.77. The lowest BCUT2D eigenvalue weighted by Crippen LogP contribution is -2.15. The van der Waals surface area contributed by atoms with Crippen molar-refractivity contribution in [2.45, 2.75) is 13.1 Å². The van der Waals surface area contributed by atoms with Crippen LogP contribution < -0.4 is 10.6 Å². The summed E-state index contributed by atoms with van der Waals surface area (Å²) in [5, 5.41) is 1.12. The molecule has 0 saturated heterocycles. The first-order valence-corrected chi connectivity index (χ1v) is 7.85. The molecule has 0 atom stereocenters. The topological polar surface area (TPSA) is 55.0 Å². The van der Waals surface area contributed by atoms with Gasteiger partial charge in [-0.2, -0.15) is 8.75 Å². The van der Waals surface area contributed by atoms with Crippen molar-refractivity contribution in [1.82, 2.24) is 8.75 Å². The molecule has 1 aliphatic heterocycles. The second-order valence-electron chi connectivity index (χ2n) is 4.99. The smallest absolute Gasteiger partial charge is 0.131 e. The van der Waals surface area contributed by atoms with Crippen LogP contribution >= 0.6 is 34.9 Å². The third-order valence-corrected chi connectivity index (χ3v) is 4.86. The van der Waals surface area contributed by atoms with Crippen LogP contribution in [0.4, 0.5) is 11.4 Å². The molecular formula is C14H10Cl2N4S. The second kappa shape index (κ2) is 4.73. The zero-order valence-electron chi connectivity index (χ0n) is 10.8. The molecule has 0 amide bonds. The highest BCUT2D eigenvalue weighted by Crippen LogP contribution is 2.41. The molecule has 0 fully saturated rings. The number of nitrogens with zero attached hydrogens (tertiary/aromatic N) is 3. The Morgan fingerprint density at radius 1 is 1.10 bits per heavy atom. The largest absolute Gasteiger partial charge is 0.398 e. The summed E-state index contributed by atoms with van der Waals surface area (Å²) in [6.07, 6.45) is 0. The number of nitrogen functional groups attached to an aromatic ring is 1. The van der Waals surface area contributed by atoms with Gasteiger partial charge in [0.25, 0.3) is 0 Å². The maximum absolute atomic E-state index is 6.41. The summed E-state index contributed by atoms with van der Waals surface area (Å²) < 4.78 is 8.61. The van der Waals surface area contributed by atoms with Gasteiger partial charge < -0.3 is 10.6 Å². The molecule has 0 saturated carbocycles. The molecule has 2 N–H and O–H groups in total. The lowest BCUT2D eigenvalue weighted by atomic mass is 10.1. The lowest BCUT2D eigenvalue weighted by molar-refractivity contribution is 0.885. The van der Waals surface area contributed by atoms with E-state index in [4.69, 9.17) is 28.9 Å². The monoisotopic (exact) mass is 336 g/mol. The van der Waals surface area contributed by atoms with Crippen LogP contribution in [0.3, 0.4) is 0 Å². The van der Waals surface area contributed by atoms with Crippen LogP contribution in [0.2, 0.25) is 10.0 Å². The number of hydrogen-bond acceptors (Lipinski definition) is 5. The summed E-state index contributed by atoms with van der Waals surface area (Å²) in [5.74, 6) is 0. The fourth-order valence-corrected chi connectivity index (χ4v) is 4.00. The third kappa shape index (κ3) is 1.96. The van der Waals surface area contributed by atoms with Crippen molar-refractivity contribution < 1.29 is 0 Å². The zero-order valence-corrected chi connectivity index (χ0v) is 13.1. The van der Waals surface area contributed by atoms with Gasteiger partial charge in [-0.15, -0.1) is 0 Å². The number of nitrogens with two attached hydrogens (primary N) is 1. The standard InChI is InChI=1S/C14H10Cl2N4S/c15-9-4-10(16)14(13-12(9)18-21-19-13)20-5-7-2-1-3-11(17)8(7)6-20/h1-4H,5-6,17H2. The quantitative estimate of drug-likeness (QED) is 0.679. The molecule has 4 nitrogen and oxygen atoms in total. The van der Waals surface area contributed by atoms with E-state index in [1.54, 1.807) is 6.07 Å². The predicted molar refractivity (Wildman–Crippen MR) is 88.2 cm³/mol. The Labute approximate surface area is 135 Å². The Hall–Kier alpha value is -1.56. The van der Waals surface area contributed by atoms with E-state index in [2.05, 4.69) is 19.7 Å². The van der Waals surface area contributed by atoms with Gasteiger partial charge in [-0.05, 0) is 23.3 Å². The van der Waals surface area contributed by atoms with Gasteiger partial charge in [0, 0.05) is 18.8 Å². The molecule has 2 aromatic carbocycles. The summed E-state index contributed by atoms with van der Waals surface area (Å²) in [7, 11) is 0. The van der Waals surface area contributed by atoms with E-state index in [0.29, 0.717) is 15.6 Å². The van der Waals surface area contributed by atoms with E-state index < -0.39 is 0 Å². The minimum atomic E-state index is 0.531. The normalized spacial score (nSPS) is 13.9. The molecule has 1 aromatic heterocycles. The van der Waals surface area contributed by atoms with E-state index in [9.17, 15) is 0 Å². The molecule has 0 spiro atoms. The minimum Gasteiger partial charge on any atom is -0.398 e. The van der Waals surface area contributed by atoms with Gasteiger partial charge in [0.15, 0.2) is 0 Å². The highest BCUT2D eigenvalue weighted by molar-refractivity contribution is 7.00. The molecular weight excluding hydrogens is 327 g/mol. The number of hydrogen-bond donors (Lipinski definition) is 1. The van der Waals surface area contributed by atoms with Gasteiger partial charge >= 0.3 is 0 Å². The Balaban J connectivity index is 1.86. The van der Waals surface area contributed by atoms with Gasteiger partial charge in [0.05, 0.1) is 27.5 Å². The SMILES string of the molecule is Nc1cccc2c1CN(c1c(Cl)cc(Cl)c3nsnc13)C2. The van der Waals surface area contributed by atoms with Crippen molar-refractivity contribution in [3.05, 3.63) is 45.4 Å². The molecule has 2 heterocycles. The predicted octanol–water partition coefficient (Wildman–Crippen LogP) is 4.10. The Bertz CT molecular complexity index is 862. The average Bonchev–Trinajstić information content (AvgIpc) is 3.06. The van der Waals surface area contributed by atoms with Crippen LogP contribution in [0.15, 0.2) is 24.3 Å². The average molecular weight is 337 g/mol. The highest BCUT2D eigenvalue weighted by Gasteiger charge is 2.26. The number of fused-ring (bicyclic) bond motifs is 2. The van der Waals surface area contributed by atoms with Crippen molar-refractivity contribution in [2.75, 3.05) is 10.6 Å². The van der Waals surface area contributed by atoms with Crippen LogP contribution in [-0.2, 0) is 13.1 Å². The van der Waals surface area contributed by atoms with Gasteiger partial charge in [0.2, 0.25) is 0 Å². The molecule has 4 rings (SSSR count). The van der Waals surface area contributed by atoms with Crippen molar-refractivity contribution in [2.24, 2.45) is 0 Å². The molecule has 0 unspecified atom stereocenters. The molecule has 7 heteroatoms.